The van der Waals surface area contributed by atoms with E-state index in [4.69, 9.17) is 17.3 Å². The number of hydrogen-bond donors (Lipinski definition) is 4. The number of likely N-dealkylation sites (tertiary alicyclic amines) is 1. The predicted molar refractivity (Wildman–Crippen MR) is 157 cm³/mol. The molecule has 8 atom stereocenters. The lowest BCUT2D eigenvalue weighted by atomic mass is 9.85. The van der Waals surface area contributed by atoms with Crippen LogP contribution in [0.2, 0.25) is 5.02 Å². The van der Waals surface area contributed by atoms with Crippen LogP contribution in [0.4, 0.5) is 0 Å². The van der Waals surface area contributed by atoms with E-state index in [-0.39, 0.29) is 53.2 Å². The Morgan fingerprint density at radius 1 is 1.14 bits per heavy atom. The molecular weight excluding hydrogens is 558 g/mol. The average Bonchev–Trinajstić information content (AvgIpc) is 3.64. The van der Waals surface area contributed by atoms with Gasteiger partial charge in [-0.1, -0.05) is 64.4 Å². The third-order valence-corrected chi connectivity index (χ3v) is 10.3. The minimum absolute atomic E-state index is 0.000796. The van der Waals surface area contributed by atoms with Crippen molar-refractivity contribution in [2.75, 3.05) is 13.1 Å². The highest BCUT2D eigenvalue weighted by Crippen LogP contribution is 2.65. The summed E-state index contributed by atoms with van der Waals surface area (Å²) in [7, 11) is 0. The van der Waals surface area contributed by atoms with Gasteiger partial charge < -0.3 is 26.6 Å². The molecule has 1 aromatic rings. The van der Waals surface area contributed by atoms with Gasteiger partial charge in [0.1, 0.15) is 18.1 Å². The number of carbonyl (C=O) groups excluding carboxylic acids is 5. The first kappa shape index (κ1) is 30.3. The van der Waals surface area contributed by atoms with E-state index in [0.29, 0.717) is 31.0 Å². The lowest BCUT2D eigenvalue weighted by molar-refractivity contribution is -0.146. The highest BCUT2D eigenvalue weighted by atomic mass is 35.5. The molecule has 0 unspecified atom stereocenters. The van der Waals surface area contributed by atoms with Gasteiger partial charge in [0.25, 0.3) is 0 Å². The van der Waals surface area contributed by atoms with E-state index in [1.807, 2.05) is 45.0 Å². The monoisotopic (exact) mass is 599 g/mol. The minimum atomic E-state index is -1.03. The van der Waals surface area contributed by atoms with Gasteiger partial charge in [0, 0.05) is 29.9 Å². The largest absolute Gasteiger partial charge is 0.368 e. The number of nitrogens with two attached hydrogens (primary N) is 1. The Kier molecular flexibility index (Phi) is 7.83. The number of primary amides is 1. The fraction of sp³-hybridized carbons (Fsp3) is 0.645. The zero-order valence-electron chi connectivity index (χ0n) is 24.9. The van der Waals surface area contributed by atoms with Crippen molar-refractivity contribution < 1.29 is 24.0 Å². The van der Waals surface area contributed by atoms with Crippen molar-refractivity contribution in [3.05, 3.63) is 34.9 Å². The molecule has 0 bridgehead atoms. The highest BCUT2D eigenvalue weighted by Gasteiger charge is 2.70. The molecule has 0 spiro atoms. The van der Waals surface area contributed by atoms with Gasteiger partial charge in [-0.2, -0.15) is 0 Å². The van der Waals surface area contributed by atoms with Crippen LogP contribution in [0.3, 0.4) is 0 Å². The van der Waals surface area contributed by atoms with Crippen molar-refractivity contribution in [1.82, 2.24) is 20.9 Å². The molecule has 2 aliphatic heterocycles. The van der Waals surface area contributed by atoms with Gasteiger partial charge in [-0.05, 0) is 59.5 Å². The summed E-state index contributed by atoms with van der Waals surface area (Å²) in [6.07, 6.45) is 1.33. The quantitative estimate of drug-likeness (QED) is 0.342. The molecule has 11 heteroatoms. The summed E-state index contributed by atoms with van der Waals surface area (Å²) in [5, 5.41) is 9.15. The maximum Gasteiger partial charge on any atom is 0.246 e. The van der Waals surface area contributed by atoms with Gasteiger partial charge in [0.05, 0.1) is 0 Å². The van der Waals surface area contributed by atoms with E-state index in [0.717, 1.165) is 5.56 Å². The Hall–Kier alpha value is -3.14. The van der Waals surface area contributed by atoms with Crippen LogP contribution in [0.15, 0.2) is 24.3 Å². The lowest BCUT2D eigenvalue weighted by Crippen LogP contribution is -2.60. The molecule has 0 radical (unpaired) electrons. The number of carbonyl (C=O) groups is 5. The van der Waals surface area contributed by atoms with Crippen molar-refractivity contribution in [2.24, 2.45) is 40.2 Å². The zero-order valence-corrected chi connectivity index (χ0v) is 25.7. The van der Waals surface area contributed by atoms with Crippen molar-refractivity contribution in [2.45, 2.75) is 77.9 Å². The molecule has 0 aromatic heterocycles. The van der Waals surface area contributed by atoms with Crippen molar-refractivity contribution in [3.63, 3.8) is 0 Å². The fourth-order valence-corrected chi connectivity index (χ4v) is 7.41. The SMILES string of the molecule is CC(C)(C)[C@H](NC(=O)[C@@H]1C[C@H]1c1ccccc1Cl)C(=O)N1C[C@H]2[C@@H]([C@H]1C(=O)N[C@@H](C[C@@H]1CCNC1=O)C(N)=O)C2(C)C. The van der Waals surface area contributed by atoms with Gasteiger partial charge >= 0.3 is 0 Å². The lowest BCUT2D eigenvalue weighted by Gasteiger charge is -2.38. The summed E-state index contributed by atoms with van der Waals surface area (Å²) in [4.78, 5) is 67.3. The molecule has 2 saturated heterocycles. The van der Waals surface area contributed by atoms with Crippen LogP contribution in [0.5, 0.6) is 0 Å². The van der Waals surface area contributed by atoms with E-state index in [9.17, 15) is 24.0 Å². The first-order valence-corrected chi connectivity index (χ1v) is 15.2. The molecule has 2 heterocycles. The maximum atomic E-state index is 14.2. The molecule has 1 aromatic carbocycles. The highest BCUT2D eigenvalue weighted by molar-refractivity contribution is 6.31. The van der Waals surface area contributed by atoms with E-state index >= 15 is 0 Å². The normalized spacial score (nSPS) is 30.5. The maximum absolute atomic E-state index is 14.2. The van der Waals surface area contributed by atoms with Crippen LogP contribution >= 0.6 is 11.6 Å². The van der Waals surface area contributed by atoms with E-state index in [1.165, 1.54) is 0 Å². The number of rotatable bonds is 9. The molecule has 2 aliphatic carbocycles. The Balaban J connectivity index is 1.32. The Morgan fingerprint density at radius 3 is 2.43 bits per heavy atom. The van der Waals surface area contributed by atoms with Crippen LogP contribution < -0.4 is 21.7 Å². The third kappa shape index (κ3) is 5.62. The van der Waals surface area contributed by atoms with Crippen LogP contribution in [0.1, 0.15) is 65.4 Å². The van der Waals surface area contributed by atoms with Crippen molar-refractivity contribution in [3.8, 4) is 0 Å². The minimum Gasteiger partial charge on any atom is -0.368 e. The summed E-state index contributed by atoms with van der Waals surface area (Å²) >= 11 is 6.36. The molecule has 42 heavy (non-hydrogen) atoms. The predicted octanol–water partition coefficient (Wildman–Crippen LogP) is 1.95. The summed E-state index contributed by atoms with van der Waals surface area (Å²) in [5.74, 6) is -2.52. The number of hydrogen-bond acceptors (Lipinski definition) is 5. The van der Waals surface area contributed by atoms with Gasteiger partial charge in [-0.15, -0.1) is 0 Å². The van der Waals surface area contributed by atoms with Crippen LogP contribution in [-0.2, 0) is 24.0 Å². The number of nitrogens with one attached hydrogen (secondary N) is 3. The van der Waals surface area contributed by atoms with Gasteiger partial charge in [0.2, 0.25) is 29.5 Å². The zero-order chi connectivity index (χ0) is 30.7. The molecule has 10 nitrogen and oxygen atoms in total. The van der Waals surface area contributed by atoms with Crippen LogP contribution in [-0.4, -0.2) is 65.7 Å². The fourth-order valence-electron chi connectivity index (χ4n) is 7.14. The van der Waals surface area contributed by atoms with Gasteiger partial charge in [-0.25, -0.2) is 0 Å². The van der Waals surface area contributed by atoms with E-state index in [1.54, 1.807) is 4.90 Å². The Labute approximate surface area is 251 Å². The van der Waals surface area contributed by atoms with E-state index < -0.39 is 41.3 Å². The summed E-state index contributed by atoms with van der Waals surface area (Å²) in [5.41, 5.74) is 5.78. The molecule has 5 amide bonds. The van der Waals surface area contributed by atoms with Gasteiger partial charge in [-0.3, -0.25) is 24.0 Å². The molecule has 228 valence electrons. The van der Waals surface area contributed by atoms with Crippen LogP contribution in [0, 0.1) is 34.5 Å². The van der Waals surface area contributed by atoms with Gasteiger partial charge in [0.15, 0.2) is 0 Å². The number of fused-ring (bicyclic) bond motifs is 1. The molecule has 2 saturated carbocycles. The third-order valence-electron chi connectivity index (χ3n) is 9.93. The number of nitrogens with zero attached hydrogens (tertiary/aromatic N) is 1. The first-order valence-electron chi connectivity index (χ1n) is 14.9. The number of amides is 5. The molecule has 5 N–H and O–H groups in total. The Bertz CT molecular complexity index is 1310. The second-order valence-corrected chi connectivity index (χ2v) is 14.5. The first-order chi connectivity index (χ1) is 19.6. The number of piperidine rings is 1. The molecular formula is C31H42ClN5O5. The van der Waals surface area contributed by atoms with Crippen LogP contribution in [0.25, 0.3) is 0 Å². The summed E-state index contributed by atoms with van der Waals surface area (Å²) < 4.78 is 0. The Morgan fingerprint density at radius 2 is 1.83 bits per heavy atom. The summed E-state index contributed by atoms with van der Waals surface area (Å²) in [6.45, 7) is 10.7. The summed E-state index contributed by atoms with van der Waals surface area (Å²) in [6, 6.07) is 4.78. The van der Waals surface area contributed by atoms with Crippen molar-refractivity contribution in [1.29, 1.82) is 0 Å². The van der Waals surface area contributed by atoms with Crippen molar-refractivity contribution >= 4 is 41.1 Å². The second kappa shape index (κ2) is 10.8. The molecule has 5 rings (SSSR count). The number of halogens is 1. The smallest absolute Gasteiger partial charge is 0.246 e. The van der Waals surface area contributed by atoms with E-state index in [2.05, 4.69) is 29.8 Å². The standard InChI is InChI=1S/C31H42ClN5O5/c1-30(2,3)24(36-27(40)18-13-17(18)16-8-6-7-9-20(16)32)29(42)37-14-19-22(31(19,4)5)23(37)28(41)35-21(25(33)38)12-15-10-11-34-26(15)39/h6-9,15,17-19,21-24H,10-14H2,1-5H3,(H2,33,38)(H,34,39)(H,35,41)(H,36,40)/t15-,17-,18+,19-,21-,22-,23-,24+/m0/s1. The number of benzene rings is 1. The average molecular weight is 600 g/mol. The second-order valence-electron chi connectivity index (χ2n) is 14.1. The molecule has 4 aliphatic rings. The topological polar surface area (TPSA) is 151 Å². The molecule has 4 fully saturated rings.